The van der Waals surface area contributed by atoms with Crippen molar-refractivity contribution in [1.29, 1.82) is 5.26 Å². The van der Waals surface area contributed by atoms with Crippen LogP contribution in [0.3, 0.4) is 0 Å². The molecule has 1 amide bonds. The number of carbonyl (C=O) groups excluding carboxylic acids is 1. The number of anilines is 2. The number of carbonyl (C=O) groups is 1. The summed E-state index contributed by atoms with van der Waals surface area (Å²) in [6.45, 7) is 5.16. The number of nitriles is 1. The molecule has 0 bridgehead atoms. The van der Waals surface area contributed by atoms with Crippen molar-refractivity contribution in [1.82, 2.24) is 10.2 Å². The third-order valence-corrected chi connectivity index (χ3v) is 5.15. The molecule has 126 valence electrons. The summed E-state index contributed by atoms with van der Waals surface area (Å²) in [7, 11) is 0. The molecule has 0 unspecified atom stereocenters. The fourth-order valence-corrected chi connectivity index (χ4v) is 3.67. The number of benzene rings is 1. The van der Waals surface area contributed by atoms with Gasteiger partial charge in [-0.25, -0.2) is 0 Å². The van der Waals surface area contributed by atoms with Crippen molar-refractivity contribution >= 4 is 39.8 Å². The van der Waals surface area contributed by atoms with Gasteiger partial charge in [-0.3, -0.25) is 4.79 Å². The minimum atomic E-state index is -0.0423. The Bertz CT molecular complexity index is 708. The summed E-state index contributed by atoms with van der Waals surface area (Å²) in [5.74, 6) is 0.222. The van der Waals surface area contributed by atoms with Crippen LogP contribution in [0.5, 0.6) is 0 Å². The van der Waals surface area contributed by atoms with Gasteiger partial charge in [0.2, 0.25) is 11.0 Å². The average molecular weight is 361 g/mol. The number of amides is 1. The van der Waals surface area contributed by atoms with E-state index in [1.165, 1.54) is 23.1 Å². The van der Waals surface area contributed by atoms with Gasteiger partial charge in [0.25, 0.3) is 0 Å². The maximum atomic E-state index is 12.6. The standard InChI is InChI=1S/C16H19N5OS2/c1-3-18-15-19-20-16(24-15)23-11-14(22)21(10-4-9-17)13-7-5-12(2)6-8-13/h5-8H,3-4,10-11H2,1-2H3,(H,18,19). The van der Waals surface area contributed by atoms with Crippen molar-refractivity contribution in [2.45, 2.75) is 24.6 Å². The summed E-state index contributed by atoms with van der Waals surface area (Å²) in [6.07, 6.45) is 0.299. The Hall–Kier alpha value is -2.11. The van der Waals surface area contributed by atoms with Crippen LogP contribution >= 0.6 is 23.1 Å². The van der Waals surface area contributed by atoms with E-state index in [0.29, 0.717) is 13.0 Å². The molecular weight excluding hydrogens is 342 g/mol. The van der Waals surface area contributed by atoms with Crippen molar-refractivity contribution in [2.24, 2.45) is 0 Å². The lowest BCUT2D eigenvalue weighted by Crippen LogP contribution is -2.33. The summed E-state index contributed by atoms with van der Waals surface area (Å²) < 4.78 is 0.753. The highest BCUT2D eigenvalue weighted by molar-refractivity contribution is 8.01. The third-order valence-electron chi connectivity index (χ3n) is 3.15. The first-order chi connectivity index (χ1) is 11.6. The molecule has 1 aromatic heterocycles. The van der Waals surface area contributed by atoms with Crippen LogP contribution in [0.1, 0.15) is 18.9 Å². The molecule has 0 spiro atoms. The molecule has 2 rings (SSSR count). The molecule has 0 atom stereocenters. The van der Waals surface area contributed by atoms with Crippen molar-refractivity contribution in [3.05, 3.63) is 29.8 Å². The smallest absolute Gasteiger partial charge is 0.237 e. The number of rotatable bonds is 8. The Kier molecular flexibility index (Phi) is 7.03. The van der Waals surface area contributed by atoms with Gasteiger partial charge in [-0.2, -0.15) is 5.26 Å². The lowest BCUT2D eigenvalue weighted by Gasteiger charge is -2.21. The van der Waals surface area contributed by atoms with Crippen molar-refractivity contribution < 1.29 is 4.79 Å². The van der Waals surface area contributed by atoms with E-state index in [2.05, 4.69) is 21.6 Å². The van der Waals surface area contributed by atoms with Gasteiger partial charge in [-0.1, -0.05) is 40.8 Å². The minimum Gasteiger partial charge on any atom is -0.360 e. The predicted molar refractivity (Wildman–Crippen MR) is 98.6 cm³/mol. The van der Waals surface area contributed by atoms with Crippen molar-refractivity contribution in [2.75, 3.05) is 29.1 Å². The zero-order valence-corrected chi connectivity index (χ0v) is 15.3. The molecule has 1 N–H and O–H groups in total. The SMILES string of the molecule is CCNc1nnc(SCC(=O)N(CCC#N)c2ccc(C)cc2)s1. The number of nitrogens with one attached hydrogen (secondary N) is 1. The zero-order chi connectivity index (χ0) is 17.4. The van der Waals surface area contributed by atoms with Crippen LogP contribution in [0.2, 0.25) is 0 Å². The van der Waals surface area contributed by atoms with Crippen LogP contribution in [0.4, 0.5) is 10.8 Å². The van der Waals surface area contributed by atoms with Gasteiger partial charge < -0.3 is 10.2 Å². The lowest BCUT2D eigenvalue weighted by atomic mass is 10.2. The molecule has 0 saturated carbocycles. The van der Waals surface area contributed by atoms with Crippen LogP contribution in [0.25, 0.3) is 0 Å². The van der Waals surface area contributed by atoms with E-state index in [4.69, 9.17) is 5.26 Å². The highest BCUT2D eigenvalue weighted by Gasteiger charge is 2.17. The number of hydrogen-bond acceptors (Lipinski definition) is 7. The molecule has 0 aliphatic carbocycles. The fraction of sp³-hybridized carbons (Fsp3) is 0.375. The van der Waals surface area contributed by atoms with Gasteiger partial charge in [0.05, 0.1) is 18.2 Å². The van der Waals surface area contributed by atoms with Crippen LogP contribution in [0, 0.1) is 18.3 Å². The van der Waals surface area contributed by atoms with Crippen molar-refractivity contribution in [3.63, 3.8) is 0 Å². The second kappa shape index (κ2) is 9.25. The largest absolute Gasteiger partial charge is 0.360 e. The van der Waals surface area contributed by atoms with Gasteiger partial charge in [-0.05, 0) is 26.0 Å². The lowest BCUT2D eigenvalue weighted by molar-refractivity contribution is -0.116. The molecule has 24 heavy (non-hydrogen) atoms. The van der Waals surface area contributed by atoms with Gasteiger partial charge in [-0.15, -0.1) is 10.2 Å². The van der Waals surface area contributed by atoms with E-state index in [1.807, 2.05) is 38.1 Å². The first kappa shape index (κ1) is 18.2. The van der Waals surface area contributed by atoms with E-state index in [0.717, 1.165) is 27.3 Å². The van der Waals surface area contributed by atoms with E-state index in [-0.39, 0.29) is 11.7 Å². The average Bonchev–Trinajstić information content (AvgIpc) is 3.03. The van der Waals surface area contributed by atoms with Gasteiger partial charge in [0.1, 0.15) is 0 Å². The van der Waals surface area contributed by atoms with Crippen LogP contribution in [-0.4, -0.2) is 34.9 Å². The molecule has 0 fully saturated rings. The summed E-state index contributed by atoms with van der Waals surface area (Å²) in [6, 6.07) is 9.83. The molecular formula is C16H19N5OS2. The maximum absolute atomic E-state index is 12.6. The Morgan fingerprint density at radius 3 is 2.79 bits per heavy atom. The minimum absolute atomic E-state index is 0.0423. The second-order valence-corrected chi connectivity index (χ2v) is 7.18. The Morgan fingerprint density at radius 2 is 2.12 bits per heavy atom. The van der Waals surface area contributed by atoms with E-state index in [9.17, 15) is 4.79 Å². The first-order valence-electron chi connectivity index (χ1n) is 7.58. The molecule has 0 aliphatic rings. The van der Waals surface area contributed by atoms with E-state index in [1.54, 1.807) is 4.90 Å². The normalized spacial score (nSPS) is 10.2. The number of hydrogen-bond donors (Lipinski definition) is 1. The number of thioether (sulfide) groups is 1. The molecule has 8 heteroatoms. The van der Waals surface area contributed by atoms with Crippen LogP contribution in [-0.2, 0) is 4.79 Å². The van der Waals surface area contributed by atoms with Crippen LogP contribution < -0.4 is 10.2 Å². The summed E-state index contributed by atoms with van der Waals surface area (Å²) in [5.41, 5.74) is 1.94. The first-order valence-corrected chi connectivity index (χ1v) is 9.38. The molecule has 0 radical (unpaired) electrons. The quantitative estimate of drug-likeness (QED) is 0.726. The van der Waals surface area contributed by atoms with Gasteiger partial charge in [0, 0.05) is 18.8 Å². The Balaban J connectivity index is 2.01. The number of nitrogens with zero attached hydrogens (tertiary/aromatic N) is 4. The monoisotopic (exact) mass is 361 g/mol. The molecule has 6 nitrogen and oxygen atoms in total. The van der Waals surface area contributed by atoms with Gasteiger partial charge in [0.15, 0.2) is 4.34 Å². The highest BCUT2D eigenvalue weighted by Crippen LogP contribution is 2.26. The molecule has 1 heterocycles. The van der Waals surface area contributed by atoms with E-state index < -0.39 is 0 Å². The number of aryl methyl sites for hydroxylation is 1. The number of aromatic nitrogens is 2. The molecule has 1 aromatic carbocycles. The topological polar surface area (TPSA) is 81.9 Å². The predicted octanol–water partition coefficient (Wildman–Crippen LogP) is 3.32. The fourth-order valence-electron chi connectivity index (χ4n) is 1.98. The summed E-state index contributed by atoms with van der Waals surface area (Å²) in [5, 5.41) is 20.8. The highest BCUT2D eigenvalue weighted by atomic mass is 32.2. The molecule has 0 saturated heterocycles. The summed E-state index contributed by atoms with van der Waals surface area (Å²) >= 11 is 2.80. The third kappa shape index (κ3) is 5.22. The zero-order valence-electron chi connectivity index (χ0n) is 13.7. The van der Waals surface area contributed by atoms with Crippen LogP contribution in [0.15, 0.2) is 28.6 Å². The maximum Gasteiger partial charge on any atom is 0.237 e. The molecule has 2 aromatic rings. The van der Waals surface area contributed by atoms with Gasteiger partial charge >= 0.3 is 0 Å². The second-order valence-electron chi connectivity index (χ2n) is 4.98. The summed E-state index contributed by atoms with van der Waals surface area (Å²) in [4.78, 5) is 14.2. The Labute approximate surface area is 149 Å². The Morgan fingerprint density at radius 1 is 1.38 bits per heavy atom. The van der Waals surface area contributed by atoms with E-state index >= 15 is 0 Å². The molecule has 0 aliphatic heterocycles. The van der Waals surface area contributed by atoms with Crippen molar-refractivity contribution in [3.8, 4) is 6.07 Å².